The monoisotopic (exact) mass is 330 g/mol. The average molecular weight is 330 g/mol. The van der Waals surface area contributed by atoms with Crippen LogP contribution in [0.3, 0.4) is 0 Å². The minimum atomic E-state index is 0.553. The van der Waals surface area contributed by atoms with Crippen LogP contribution in [0.25, 0.3) is 21.8 Å². The number of hydrogen-bond donors (Lipinski definition) is 1. The van der Waals surface area contributed by atoms with Gasteiger partial charge in [-0.3, -0.25) is 4.98 Å². The van der Waals surface area contributed by atoms with Crippen molar-refractivity contribution in [1.82, 2.24) is 9.97 Å². The van der Waals surface area contributed by atoms with E-state index in [4.69, 9.17) is 0 Å². The molecule has 0 aliphatic carbocycles. The Kier molecular flexibility index (Phi) is 5.18. The highest BCUT2D eigenvalue weighted by molar-refractivity contribution is 5.83. The van der Waals surface area contributed by atoms with Crippen LogP contribution in [0, 0.1) is 0 Å². The van der Waals surface area contributed by atoms with E-state index in [2.05, 4.69) is 80.3 Å². The fraction of sp³-hybridized carbons (Fsp3) is 0.261. The molecule has 25 heavy (non-hydrogen) atoms. The van der Waals surface area contributed by atoms with Gasteiger partial charge in [0.2, 0.25) is 0 Å². The molecule has 0 saturated carbocycles. The third kappa shape index (κ3) is 3.90. The number of nitrogens with one attached hydrogen (secondary N) is 1. The van der Waals surface area contributed by atoms with Gasteiger partial charge in [-0.25, -0.2) is 0 Å². The molecule has 2 heterocycles. The summed E-state index contributed by atoms with van der Waals surface area (Å²) >= 11 is 0. The molecule has 0 bridgehead atoms. The predicted molar refractivity (Wildman–Crippen MR) is 108 cm³/mol. The fourth-order valence-corrected chi connectivity index (χ4v) is 2.98. The molecule has 4 rings (SSSR count). The first-order chi connectivity index (χ1) is 12.1. The van der Waals surface area contributed by atoms with Crippen molar-refractivity contribution in [3.8, 4) is 0 Å². The van der Waals surface area contributed by atoms with E-state index in [0.29, 0.717) is 11.8 Å². The first-order valence-corrected chi connectivity index (χ1v) is 8.97. The van der Waals surface area contributed by atoms with Gasteiger partial charge in [0, 0.05) is 28.7 Å². The van der Waals surface area contributed by atoms with Crippen molar-refractivity contribution >= 4 is 21.8 Å². The number of rotatable bonds is 2. The van der Waals surface area contributed by atoms with Crippen molar-refractivity contribution in [2.24, 2.45) is 0 Å². The highest BCUT2D eigenvalue weighted by Gasteiger charge is 2.05. The number of nitrogens with zero attached hydrogens (tertiary/aromatic N) is 1. The Hall–Kier alpha value is -2.61. The molecule has 2 heteroatoms. The molecule has 0 unspecified atom stereocenters. The third-order valence-electron chi connectivity index (χ3n) is 4.52. The summed E-state index contributed by atoms with van der Waals surface area (Å²) < 4.78 is 0. The quantitative estimate of drug-likeness (QED) is 0.438. The summed E-state index contributed by atoms with van der Waals surface area (Å²) in [6.07, 6.45) is 4.07. The van der Waals surface area contributed by atoms with Crippen LogP contribution >= 0.6 is 0 Å². The summed E-state index contributed by atoms with van der Waals surface area (Å²) in [5.74, 6) is 1.15. The van der Waals surface area contributed by atoms with Gasteiger partial charge in [0.15, 0.2) is 0 Å². The number of benzene rings is 2. The summed E-state index contributed by atoms with van der Waals surface area (Å²) in [4.78, 5) is 7.67. The second-order valence-corrected chi connectivity index (χ2v) is 7.06. The van der Waals surface area contributed by atoms with E-state index < -0.39 is 0 Å². The zero-order chi connectivity index (χ0) is 17.8. The van der Waals surface area contributed by atoms with Gasteiger partial charge < -0.3 is 4.98 Å². The number of para-hydroxylation sites is 2. The van der Waals surface area contributed by atoms with E-state index in [1.165, 1.54) is 27.4 Å². The van der Waals surface area contributed by atoms with Crippen LogP contribution in [0.2, 0.25) is 0 Å². The summed E-state index contributed by atoms with van der Waals surface area (Å²) in [6, 6.07) is 18.9. The van der Waals surface area contributed by atoms with Crippen LogP contribution in [0.15, 0.2) is 67.0 Å². The summed E-state index contributed by atoms with van der Waals surface area (Å²) in [5.41, 5.74) is 5.03. The van der Waals surface area contributed by atoms with Gasteiger partial charge in [-0.05, 0) is 41.2 Å². The molecular formula is C23H26N2. The standard InChI is InChI=1S/C12H13N.C11H13N/c1-9(2)11-7-10-5-3-4-6-12(10)13-8-11;1-8(2)10-7-12-11-6-4-3-5-9(10)11/h3-9H,1-2H3;3-8,12H,1-2H3. The van der Waals surface area contributed by atoms with E-state index in [1.54, 1.807) is 0 Å². The summed E-state index contributed by atoms with van der Waals surface area (Å²) in [7, 11) is 0. The minimum absolute atomic E-state index is 0.553. The Bertz CT molecular complexity index is 964. The first-order valence-electron chi connectivity index (χ1n) is 8.97. The van der Waals surface area contributed by atoms with Crippen molar-refractivity contribution in [2.45, 2.75) is 39.5 Å². The minimum Gasteiger partial charge on any atom is -0.361 e. The maximum absolute atomic E-state index is 4.40. The van der Waals surface area contributed by atoms with Crippen LogP contribution in [0.5, 0.6) is 0 Å². The molecule has 0 saturated heterocycles. The van der Waals surface area contributed by atoms with Crippen molar-refractivity contribution in [2.75, 3.05) is 0 Å². The zero-order valence-electron chi connectivity index (χ0n) is 15.5. The number of pyridine rings is 1. The van der Waals surface area contributed by atoms with Crippen LogP contribution in [0.1, 0.15) is 50.7 Å². The Morgan fingerprint density at radius 2 is 1.56 bits per heavy atom. The second kappa shape index (κ2) is 7.52. The van der Waals surface area contributed by atoms with Gasteiger partial charge in [0.25, 0.3) is 0 Å². The van der Waals surface area contributed by atoms with Crippen LogP contribution < -0.4 is 0 Å². The molecule has 0 radical (unpaired) electrons. The number of fused-ring (bicyclic) bond motifs is 2. The average Bonchev–Trinajstić information content (AvgIpc) is 3.06. The Morgan fingerprint density at radius 1 is 0.840 bits per heavy atom. The van der Waals surface area contributed by atoms with Crippen LogP contribution in [0.4, 0.5) is 0 Å². The normalized spacial score (nSPS) is 11.1. The smallest absolute Gasteiger partial charge is 0.0702 e. The first kappa shape index (κ1) is 17.2. The maximum Gasteiger partial charge on any atom is 0.0702 e. The molecule has 4 aromatic rings. The van der Waals surface area contributed by atoms with Crippen molar-refractivity contribution in [3.05, 3.63) is 78.1 Å². The Labute approximate surface area is 149 Å². The highest BCUT2D eigenvalue weighted by atomic mass is 14.7. The van der Waals surface area contributed by atoms with Gasteiger partial charge in [0.1, 0.15) is 0 Å². The van der Waals surface area contributed by atoms with E-state index >= 15 is 0 Å². The van der Waals surface area contributed by atoms with E-state index in [9.17, 15) is 0 Å². The van der Waals surface area contributed by atoms with E-state index in [1.807, 2.05) is 24.4 Å². The van der Waals surface area contributed by atoms with Crippen molar-refractivity contribution < 1.29 is 0 Å². The molecule has 0 amide bonds. The third-order valence-corrected chi connectivity index (χ3v) is 4.52. The molecule has 0 aliphatic heterocycles. The number of aromatic amines is 1. The van der Waals surface area contributed by atoms with E-state index in [-0.39, 0.29) is 0 Å². The van der Waals surface area contributed by atoms with E-state index in [0.717, 1.165) is 5.52 Å². The Balaban J connectivity index is 0.000000146. The van der Waals surface area contributed by atoms with Gasteiger partial charge in [-0.15, -0.1) is 0 Å². The maximum atomic E-state index is 4.40. The largest absolute Gasteiger partial charge is 0.361 e. The van der Waals surface area contributed by atoms with Crippen molar-refractivity contribution in [3.63, 3.8) is 0 Å². The van der Waals surface area contributed by atoms with Gasteiger partial charge >= 0.3 is 0 Å². The molecule has 1 N–H and O–H groups in total. The summed E-state index contributed by atoms with van der Waals surface area (Å²) in [5, 5.41) is 2.58. The SMILES string of the molecule is CC(C)c1c[nH]c2ccccc12.CC(C)c1cnc2ccccc2c1. The molecule has 128 valence electrons. The number of aromatic nitrogens is 2. The lowest BCUT2D eigenvalue weighted by atomic mass is 10.0. The molecule has 2 nitrogen and oxygen atoms in total. The van der Waals surface area contributed by atoms with Gasteiger partial charge in [-0.2, -0.15) is 0 Å². The molecule has 0 aliphatic rings. The molecule has 0 spiro atoms. The number of H-pyrrole nitrogens is 1. The lowest BCUT2D eigenvalue weighted by Crippen LogP contribution is -1.88. The highest BCUT2D eigenvalue weighted by Crippen LogP contribution is 2.24. The lowest BCUT2D eigenvalue weighted by molar-refractivity contribution is 0.862. The van der Waals surface area contributed by atoms with Gasteiger partial charge in [-0.1, -0.05) is 64.1 Å². The van der Waals surface area contributed by atoms with Crippen LogP contribution in [-0.4, -0.2) is 9.97 Å². The summed E-state index contributed by atoms with van der Waals surface area (Å²) in [6.45, 7) is 8.81. The topological polar surface area (TPSA) is 28.7 Å². The molecule has 2 aromatic heterocycles. The fourth-order valence-electron chi connectivity index (χ4n) is 2.98. The molecule has 2 aromatic carbocycles. The Morgan fingerprint density at radius 3 is 2.32 bits per heavy atom. The zero-order valence-corrected chi connectivity index (χ0v) is 15.5. The second-order valence-electron chi connectivity index (χ2n) is 7.06. The lowest BCUT2D eigenvalue weighted by Gasteiger charge is -2.05. The van der Waals surface area contributed by atoms with Crippen molar-refractivity contribution in [1.29, 1.82) is 0 Å². The van der Waals surface area contributed by atoms with Crippen LogP contribution in [-0.2, 0) is 0 Å². The predicted octanol–water partition coefficient (Wildman–Crippen LogP) is 6.65. The molecular weight excluding hydrogens is 304 g/mol. The molecule has 0 atom stereocenters. The number of hydrogen-bond acceptors (Lipinski definition) is 1. The molecule has 0 fully saturated rings. The van der Waals surface area contributed by atoms with Gasteiger partial charge in [0.05, 0.1) is 5.52 Å².